The first-order chi connectivity index (χ1) is 12.5. The van der Waals surface area contributed by atoms with E-state index in [1.165, 1.54) is 0 Å². The van der Waals surface area contributed by atoms with Gasteiger partial charge in [0.25, 0.3) is 5.91 Å². The largest absolute Gasteiger partial charge is 0.356 e. The molecule has 0 saturated carbocycles. The Morgan fingerprint density at radius 3 is 2.59 bits per heavy atom. The molecule has 0 saturated heterocycles. The summed E-state index contributed by atoms with van der Waals surface area (Å²) in [5.74, 6) is 0.725. The Kier molecular flexibility index (Phi) is 10.2. The molecule has 146 valence electrons. The number of carbonyl (C=O) groups is 1. The van der Waals surface area contributed by atoms with Gasteiger partial charge in [0.2, 0.25) is 0 Å². The Bertz CT molecular complexity index is 782. The van der Waals surface area contributed by atoms with E-state index in [1.54, 1.807) is 14.1 Å². The lowest BCUT2D eigenvalue weighted by Gasteiger charge is -2.22. The molecule has 2 rings (SSSR count). The van der Waals surface area contributed by atoms with Gasteiger partial charge in [-0.25, -0.2) is 0 Å². The Morgan fingerprint density at radius 1 is 1.19 bits per heavy atom. The average molecular weight is 501 g/mol. The van der Waals surface area contributed by atoms with Gasteiger partial charge in [0, 0.05) is 44.8 Å². The van der Waals surface area contributed by atoms with Crippen molar-refractivity contribution in [3.05, 3.63) is 70.2 Å². The fourth-order valence-electron chi connectivity index (χ4n) is 2.67. The quantitative estimate of drug-likeness (QED) is 0.362. The molecule has 2 N–H and O–H groups in total. The van der Waals surface area contributed by atoms with Crippen LogP contribution in [-0.4, -0.2) is 44.5 Å². The minimum atomic E-state index is -0.0740. The molecule has 0 unspecified atom stereocenters. The van der Waals surface area contributed by atoms with Gasteiger partial charge in [-0.05, 0) is 35.7 Å². The minimum Gasteiger partial charge on any atom is -0.356 e. The van der Waals surface area contributed by atoms with E-state index in [2.05, 4.69) is 15.6 Å². The van der Waals surface area contributed by atoms with Crippen LogP contribution in [0.3, 0.4) is 0 Å². The Balaban J connectivity index is 0.00000364. The number of hydrogen-bond donors (Lipinski definition) is 2. The van der Waals surface area contributed by atoms with Crippen molar-refractivity contribution in [2.75, 3.05) is 27.7 Å². The topological polar surface area (TPSA) is 56.7 Å². The first-order valence-electron chi connectivity index (χ1n) is 8.51. The average Bonchev–Trinajstić information content (AvgIpc) is 2.66. The van der Waals surface area contributed by atoms with Crippen LogP contribution in [0.2, 0.25) is 5.02 Å². The van der Waals surface area contributed by atoms with Crippen LogP contribution in [0.1, 0.15) is 21.5 Å². The van der Waals surface area contributed by atoms with Crippen LogP contribution in [-0.2, 0) is 13.0 Å². The number of nitrogens with zero attached hydrogens (tertiary/aromatic N) is 2. The lowest BCUT2D eigenvalue weighted by molar-refractivity contribution is 0.0963. The highest BCUT2D eigenvalue weighted by molar-refractivity contribution is 14.0. The maximum atomic E-state index is 11.7. The van der Waals surface area contributed by atoms with Gasteiger partial charge in [-0.2, -0.15) is 0 Å². The van der Waals surface area contributed by atoms with E-state index in [0.29, 0.717) is 12.1 Å². The monoisotopic (exact) mass is 500 g/mol. The maximum Gasteiger partial charge on any atom is 0.251 e. The predicted molar refractivity (Wildman–Crippen MR) is 123 cm³/mol. The summed E-state index contributed by atoms with van der Waals surface area (Å²) in [6, 6.07) is 15.4. The summed E-state index contributed by atoms with van der Waals surface area (Å²) < 4.78 is 0. The Labute approximate surface area is 183 Å². The zero-order valence-corrected chi connectivity index (χ0v) is 18.9. The smallest absolute Gasteiger partial charge is 0.251 e. The molecule has 2 aromatic carbocycles. The van der Waals surface area contributed by atoms with Gasteiger partial charge in [-0.3, -0.25) is 9.79 Å². The van der Waals surface area contributed by atoms with Gasteiger partial charge in [-0.1, -0.05) is 41.9 Å². The molecule has 0 spiro atoms. The third-order valence-electron chi connectivity index (χ3n) is 4.05. The Hall–Kier alpha value is -1.80. The first-order valence-corrected chi connectivity index (χ1v) is 8.89. The Morgan fingerprint density at radius 2 is 1.93 bits per heavy atom. The zero-order valence-electron chi connectivity index (χ0n) is 15.8. The molecule has 0 aromatic heterocycles. The lowest BCUT2D eigenvalue weighted by atomic mass is 10.1. The fourth-order valence-corrected chi connectivity index (χ4v) is 2.87. The first kappa shape index (κ1) is 23.2. The number of rotatable bonds is 6. The van der Waals surface area contributed by atoms with Crippen LogP contribution < -0.4 is 10.6 Å². The normalized spacial score (nSPS) is 10.7. The van der Waals surface area contributed by atoms with Crippen molar-refractivity contribution < 1.29 is 4.79 Å². The fraction of sp³-hybridized carbons (Fsp3) is 0.300. The number of guanidine groups is 1. The lowest BCUT2D eigenvalue weighted by Crippen LogP contribution is -2.39. The zero-order chi connectivity index (χ0) is 18.9. The van der Waals surface area contributed by atoms with E-state index in [-0.39, 0.29) is 29.9 Å². The highest BCUT2D eigenvalue weighted by atomic mass is 127. The van der Waals surface area contributed by atoms with Gasteiger partial charge in [-0.15, -0.1) is 24.0 Å². The molecule has 1 amide bonds. The van der Waals surface area contributed by atoms with Crippen LogP contribution >= 0.6 is 35.6 Å². The number of carbonyl (C=O) groups excluding carboxylic acids is 1. The summed E-state index contributed by atoms with van der Waals surface area (Å²) in [7, 11) is 5.37. The summed E-state index contributed by atoms with van der Waals surface area (Å²) in [5.41, 5.74) is 2.82. The van der Waals surface area contributed by atoms with Crippen molar-refractivity contribution in [1.29, 1.82) is 0 Å². The third kappa shape index (κ3) is 7.03. The molecule has 0 bridgehead atoms. The van der Waals surface area contributed by atoms with E-state index in [9.17, 15) is 4.79 Å². The van der Waals surface area contributed by atoms with Gasteiger partial charge >= 0.3 is 0 Å². The molecule has 0 atom stereocenters. The van der Waals surface area contributed by atoms with Gasteiger partial charge in [0.1, 0.15) is 0 Å². The van der Waals surface area contributed by atoms with Crippen molar-refractivity contribution >= 4 is 47.4 Å². The second-order valence-electron chi connectivity index (χ2n) is 5.95. The van der Waals surface area contributed by atoms with Crippen LogP contribution in [0, 0.1) is 0 Å². The van der Waals surface area contributed by atoms with E-state index in [4.69, 9.17) is 11.6 Å². The minimum absolute atomic E-state index is 0. The molecule has 0 fully saturated rings. The summed E-state index contributed by atoms with van der Waals surface area (Å²) in [4.78, 5) is 18.1. The molecule has 0 aliphatic carbocycles. The number of nitrogens with one attached hydrogen (secondary N) is 2. The van der Waals surface area contributed by atoms with Crippen LogP contribution in [0.4, 0.5) is 0 Å². The van der Waals surface area contributed by atoms with E-state index >= 15 is 0 Å². The van der Waals surface area contributed by atoms with E-state index in [0.717, 1.165) is 35.1 Å². The second-order valence-corrected chi connectivity index (χ2v) is 6.36. The summed E-state index contributed by atoms with van der Waals surface area (Å²) in [6.45, 7) is 1.39. The highest BCUT2D eigenvalue weighted by Crippen LogP contribution is 2.16. The number of hydrogen-bond acceptors (Lipinski definition) is 2. The summed E-state index contributed by atoms with van der Waals surface area (Å²) >= 11 is 6.23. The molecule has 7 heteroatoms. The molecule has 27 heavy (non-hydrogen) atoms. The molecule has 0 heterocycles. The van der Waals surface area contributed by atoms with E-state index < -0.39 is 0 Å². The SMILES string of the molecule is CN=C(NCCc1cccc(C(=O)NC)c1)N(C)Cc1ccccc1Cl.I. The van der Waals surface area contributed by atoms with Gasteiger partial charge in [0.05, 0.1) is 0 Å². The van der Waals surface area contributed by atoms with Crippen molar-refractivity contribution in [3.63, 3.8) is 0 Å². The van der Waals surface area contributed by atoms with Crippen molar-refractivity contribution in [2.24, 2.45) is 4.99 Å². The number of amides is 1. The standard InChI is InChI=1S/C20H25ClN4O.HI/c1-22-19(26)16-9-6-7-15(13-16)11-12-24-20(23-2)25(3)14-17-8-4-5-10-18(17)21;/h4-10,13H,11-12,14H2,1-3H3,(H,22,26)(H,23,24);1H. The van der Waals surface area contributed by atoms with Gasteiger partial charge < -0.3 is 15.5 Å². The number of aliphatic imine (C=N–C) groups is 1. The molecule has 0 radical (unpaired) electrons. The van der Waals surface area contributed by atoms with Crippen LogP contribution in [0.5, 0.6) is 0 Å². The predicted octanol–water partition coefficient (Wildman–Crippen LogP) is 3.57. The second kappa shape index (κ2) is 11.8. The van der Waals surface area contributed by atoms with Gasteiger partial charge in [0.15, 0.2) is 5.96 Å². The van der Waals surface area contributed by atoms with Crippen LogP contribution in [0.25, 0.3) is 0 Å². The molecule has 0 aliphatic heterocycles. The summed E-state index contributed by atoms with van der Waals surface area (Å²) in [5, 5.41) is 6.75. The summed E-state index contributed by atoms with van der Waals surface area (Å²) in [6.07, 6.45) is 0.795. The molecular weight excluding hydrogens is 475 g/mol. The molecule has 0 aliphatic rings. The highest BCUT2D eigenvalue weighted by Gasteiger charge is 2.09. The van der Waals surface area contributed by atoms with E-state index in [1.807, 2.05) is 60.5 Å². The van der Waals surface area contributed by atoms with Crippen molar-refractivity contribution in [3.8, 4) is 0 Å². The maximum absolute atomic E-state index is 11.7. The molecular formula is C20H26ClIN4O. The van der Waals surface area contributed by atoms with Crippen molar-refractivity contribution in [2.45, 2.75) is 13.0 Å². The van der Waals surface area contributed by atoms with Crippen LogP contribution in [0.15, 0.2) is 53.5 Å². The number of halogens is 2. The number of benzene rings is 2. The van der Waals surface area contributed by atoms with Crippen molar-refractivity contribution in [1.82, 2.24) is 15.5 Å². The molecule has 2 aromatic rings. The third-order valence-corrected chi connectivity index (χ3v) is 4.42. The molecule has 5 nitrogen and oxygen atoms in total.